The van der Waals surface area contributed by atoms with Gasteiger partial charge in [0, 0.05) is 4.88 Å². The summed E-state index contributed by atoms with van der Waals surface area (Å²) in [7, 11) is 1.31. The van der Waals surface area contributed by atoms with Crippen molar-refractivity contribution in [3.05, 3.63) is 45.9 Å². The average Bonchev–Trinajstić information content (AvgIpc) is 2.84. The Bertz CT molecular complexity index is 637. The maximum atomic E-state index is 12.0. The Morgan fingerprint density at radius 1 is 1.35 bits per heavy atom. The van der Waals surface area contributed by atoms with Gasteiger partial charge in [0.05, 0.1) is 36.0 Å². The number of ether oxygens (including phenoxy) is 1. The van der Waals surface area contributed by atoms with Crippen molar-refractivity contribution >= 4 is 28.9 Å². The van der Waals surface area contributed by atoms with E-state index in [1.807, 2.05) is 6.92 Å². The van der Waals surface area contributed by atoms with Crippen molar-refractivity contribution in [1.29, 1.82) is 0 Å². The molecule has 20 heavy (non-hydrogen) atoms. The minimum absolute atomic E-state index is 0.186. The molecule has 1 amide bonds. The third-order valence-electron chi connectivity index (χ3n) is 2.77. The number of aromatic nitrogens is 1. The average molecular weight is 290 g/mol. The lowest BCUT2D eigenvalue weighted by Gasteiger charge is -2.09. The van der Waals surface area contributed by atoms with Gasteiger partial charge in [-0.1, -0.05) is 12.1 Å². The fourth-order valence-electron chi connectivity index (χ4n) is 1.72. The van der Waals surface area contributed by atoms with E-state index in [1.54, 1.807) is 29.8 Å². The number of hydrogen-bond acceptors (Lipinski definition) is 5. The highest BCUT2D eigenvalue weighted by Gasteiger charge is 2.14. The van der Waals surface area contributed by atoms with Gasteiger partial charge in [-0.2, -0.15) is 0 Å². The summed E-state index contributed by atoms with van der Waals surface area (Å²) in [5.74, 6) is -0.663. The van der Waals surface area contributed by atoms with Crippen molar-refractivity contribution < 1.29 is 14.3 Å². The number of aryl methyl sites for hydroxylation is 1. The molecule has 0 atom stereocenters. The molecule has 104 valence electrons. The number of nitrogens with one attached hydrogen (secondary N) is 1. The van der Waals surface area contributed by atoms with Gasteiger partial charge in [0.15, 0.2) is 0 Å². The van der Waals surface area contributed by atoms with Crippen LogP contribution >= 0.6 is 11.3 Å². The van der Waals surface area contributed by atoms with Crippen molar-refractivity contribution in [2.45, 2.75) is 13.3 Å². The molecule has 1 aromatic carbocycles. The lowest BCUT2D eigenvalue weighted by molar-refractivity contribution is -0.115. The van der Waals surface area contributed by atoms with Gasteiger partial charge in [-0.3, -0.25) is 4.79 Å². The number of thiazole rings is 1. The summed E-state index contributed by atoms with van der Waals surface area (Å²) < 4.78 is 4.69. The van der Waals surface area contributed by atoms with Gasteiger partial charge >= 0.3 is 5.97 Å². The molecular weight excluding hydrogens is 276 g/mol. The predicted molar refractivity (Wildman–Crippen MR) is 77.0 cm³/mol. The lowest BCUT2D eigenvalue weighted by Crippen LogP contribution is -2.17. The molecule has 2 aromatic rings. The summed E-state index contributed by atoms with van der Waals surface area (Å²) in [5, 5.41) is 2.73. The van der Waals surface area contributed by atoms with E-state index in [1.165, 1.54) is 18.4 Å². The Hall–Kier alpha value is -2.21. The molecule has 6 heteroatoms. The van der Waals surface area contributed by atoms with E-state index in [0.717, 1.165) is 10.6 Å². The quantitative estimate of drug-likeness (QED) is 0.878. The number of carbonyl (C=O) groups is 2. The van der Waals surface area contributed by atoms with Crippen LogP contribution in [0, 0.1) is 6.92 Å². The number of benzene rings is 1. The summed E-state index contributed by atoms with van der Waals surface area (Å²) in [4.78, 5) is 28.6. The SMILES string of the molecule is COC(=O)c1ccccc1NC(=O)Cc1scnc1C. The van der Waals surface area contributed by atoms with Crippen LogP contribution in [0.5, 0.6) is 0 Å². The molecule has 5 nitrogen and oxygen atoms in total. The van der Waals surface area contributed by atoms with Crippen molar-refractivity contribution in [1.82, 2.24) is 4.98 Å². The molecule has 1 N–H and O–H groups in total. The maximum Gasteiger partial charge on any atom is 0.339 e. The van der Waals surface area contributed by atoms with Crippen LogP contribution < -0.4 is 5.32 Å². The Kier molecular flexibility index (Phi) is 4.47. The molecule has 0 radical (unpaired) electrons. The fraction of sp³-hybridized carbons (Fsp3) is 0.214. The van der Waals surface area contributed by atoms with E-state index in [2.05, 4.69) is 15.0 Å². The predicted octanol–water partition coefficient (Wildman–Crippen LogP) is 2.42. The number of carbonyl (C=O) groups excluding carboxylic acids is 2. The zero-order chi connectivity index (χ0) is 14.5. The number of hydrogen-bond donors (Lipinski definition) is 1. The highest BCUT2D eigenvalue weighted by atomic mass is 32.1. The molecule has 2 rings (SSSR count). The standard InChI is InChI=1S/C14H14N2O3S/c1-9-12(20-8-15-9)7-13(17)16-11-6-4-3-5-10(11)14(18)19-2/h3-6,8H,7H2,1-2H3,(H,16,17). The molecule has 0 fully saturated rings. The number of amides is 1. The van der Waals surface area contributed by atoms with Crippen LogP contribution in [0.2, 0.25) is 0 Å². The molecule has 0 saturated carbocycles. The molecule has 0 aliphatic carbocycles. The van der Waals surface area contributed by atoms with Gasteiger partial charge < -0.3 is 10.1 Å². The minimum atomic E-state index is -0.477. The van der Waals surface area contributed by atoms with Crippen molar-refractivity contribution in [2.75, 3.05) is 12.4 Å². The van der Waals surface area contributed by atoms with Crippen molar-refractivity contribution in [3.63, 3.8) is 0 Å². The third kappa shape index (κ3) is 3.21. The van der Waals surface area contributed by atoms with E-state index in [9.17, 15) is 9.59 Å². The fourth-order valence-corrected chi connectivity index (χ4v) is 2.49. The van der Waals surface area contributed by atoms with E-state index in [4.69, 9.17) is 0 Å². The first-order valence-electron chi connectivity index (χ1n) is 5.98. The molecule has 1 heterocycles. The third-order valence-corrected chi connectivity index (χ3v) is 3.71. The van der Waals surface area contributed by atoms with Crippen LogP contribution in [0.25, 0.3) is 0 Å². The zero-order valence-corrected chi connectivity index (χ0v) is 12.0. The molecular formula is C14H14N2O3S. The minimum Gasteiger partial charge on any atom is -0.465 e. The first-order chi connectivity index (χ1) is 9.61. The maximum absolute atomic E-state index is 12.0. The normalized spacial score (nSPS) is 10.1. The Balaban J connectivity index is 2.12. The zero-order valence-electron chi connectivity index (χ0n) is 11.2. The van der Waals surface area contributed by atoms with Crippen LogP contribution in [-0.4, -0.2) is 24.0 Å². The van der Waals surface area contributed by atoms with Gasteiger partial charge in [0.1, 0.15) is 0 Å². The number of para-hydroxylation sites is 1. The lowest BCUT2D eigenvalue weighted by atomic mass is 10.1. The second kappa shape index (κ2) is 6.29. The van der Waals surface area contributed by atoms with Crippen molar-refractivity contribution in [2.24, 2.45) is 0 Å². The van der Waals surface area contributed by atoms with Crippen LogP contribution in [0.1, 0.15) is 20.9 Å². The van der Waals surface area contributed by atoms with Crippen molar-refractivity contribution in [3.8, 4) is 0 Å². The molecule has 0 aliphatic rings. The van der Waals surface area contributed by atoms with E-state index in [-0.39, 0.29) is 12.3 Å². The second-order valence-electron chi connectivity index (χ2n) is 4.12. The first-order valence-corrected chi connectivity index (χ1v) is 6.86. The molecule has 0 unspecified atom stereocenters. The topological polar surface area (TPSA) is 68.3 Å². The summed E-state index contributed by atoms with van der Waals surface area (Å²) in [6.07, 6.45) is 0.242. The Morgan fingerprint density at radius 2 is 2.10 bits per heavy atom. The molecule has 0 bridgehead atoms. The van der Waals surface area contributed by atoms with Crippen LogP contribution in [0.15, 0.2) is 29.8 Å². The van der Waals surface area contributed by atoms with E-state index < -0.39 is 5.97 Å². The molecule has 0 spiro atoms. The van der Waals surface area contributed by atoms with Gasteiger partial charge in [-0.15, -0.1) is 11.3 Å². The van der Waals surface area contributed by atoms with Crippen LogP contribution in [0.3, 0.4) is 0 Å². The number of methoxy groups -OCH3 is 1. The molecule has 1 aromatic heterocycles. The summed E-state index contributed by atoms with van der Waals surface area (Å²) >= 11 is 1.44. The number of esters is 1. The Labute approximate surface area is 120 Å². The molecule has 0 saturated heterocycles. The number of anilines is 1. The van der Waals surface area contributed by atoms with Gasteiger partial charge in [0.25, 0.3) is 0 Å². The largest absolute Gasteiger partial charge is 0.465 e. The monoisotopic (exact) mass is 290 g/mol. The van der Waals surface area contributed by atoms with Crippen LogP contribution in [-0.2, 0) is 16.0 Å². The smallest absolute Gasteiger partial charge is 0.339 e. The van der Waals surface area contributed by atoms with Gasteiger partial charge in [0.2, 0.25) is 5.91 Å². The van der Waals surface area contributed by atoms with E-state index >= 15 is 0 Å². The van der Waals surface area contributed by atoms with E-state index in [0.29, 0.717) is 11.3 Å². The Morgan fingerprint density at radius 3 is 2.75 bits per heavy atom. The van der Waals surface area contributed by atoms with Crippen LogP contribution in [0.4, 0.5) is 5.69 Å². The number of rotatable bonds is 4. The van der Waals surface area contributed by atoms with Gasteiger partial charge in [-0.05, 0) is 19.1 Å². The molecule has 0 aliphatic heterocycles. The number of nitrogens with zero attached hydrogens (tertiary/aromatic N) is 1. The first kappa shape index (κ1) is 14.2. The van der Waals surface area contributed by atoms with Gasteiger partial charge in [-0.25, -0.2) is 9.78 Å². The second-order valence-corrected chi connectivity index (χ2v) is 5.06. The summed E-state index contributed by atoms with van der Waals surface area (Å²) in [5.41, 5.74) is 3.35. The summed E-state index contributed by atoms with van der Waals surface area (Å²) in [6.45, 7) is 1.86. The highest BCUT2D eigenvalue weighted by Crippen LogP contribution is 2.18. The highest BCUT2D eigenvalue weighted by molar-refractivity contribution is 7.09. The summed E-state index contributed by atoms with van der Waals surface area (Å²) in [6, 6.07) is 6.75.